The molecular weight excluding hydrogens is 729 g/mol. The van der Waals surface area contributed by atoms with Crippen LogP contribution in [0.1, 0.15) is 29.5 Å². The van der Waals surface area contributed by atoms with E-state index in [9.17, 15) is 0 Å². The number of hydrogen-bond donors (Lipinski definition) is 0. The van der Waals surface area contributed by atoms with Gasteiger partial charge < -0.3 is 0 Å². The van der Waals surface area contributed by atoms with Gasteiger partial charge in [-0.05, 0) is 131 Å². The lowest BCUT2D eigenvalue weighted by Gasteiger charge is -2.23. The first kappa shape index (κ1) is 34.5. The van der Waals surface area contributed by atoms with Crippen molar-refractivity contribution in [3.63, 3.8) is 0 Å². The van der Waals surface area contributed by atoms with E-state index in [-0.39, 0.29) is 5.41 Å². The standard InChI is InChI=1S/C56H38N4/c1-2-4-12-36(11-3-1)49-28-50(41-18-6-16-39(26-41)38-15-5-17-40(25-38)43-30-57-34-58-31-43)54-47-21-8-13-37-14-9-22-48(52(37)47)55(54)53(49)42-19-7-20-45(27-42)56-24-10-23-46(51(56)29-56)44-32-59-35-60-33-44/h1,3-28,30-35,51H,2,29H2. The third-order valence-electron chi connectivity index (χ3n) is 13.0. The Balaban J connectivity index is 1.08. The summed E-state index contributed by atoms with van der Waals surface area (Å²) in [7, 11) is 0. The SMILES string of the molecule is C1=CCC=CC(c2cc(-c3cccc(-c4cccc(-c5cncnc5)c4)c3)c3c(c2-c2cccc(C45C=CC=C(c6cncnc6)C4C5)c2)-c2cccc4cccc-3c24)=C1. The van der Waals surface area contributed by atoms with Gasteiger partial charge >= 0.3 is 0 Å². The molecule has 60 heavy (non-hydrogen) atoms. The molecule has 4 heteroatoms. The van der Waals surface area contributed by atoms with Crippen LogP contribution in [0.5, 0.6) is 0 Å². The lowest BCUT2D eigenvalue weighted by molar-refractivity contribution is 0.827. The Hall–Kier alpha value is -7.56. The van der Waals surface area contributed by atoms with Crippen LogP contribution < -0.4 is 0 Å². The molecule has 2 heterocycles. The summed E-state index contributed by atoms with van der Waals surface area (Å²) in [6.07, 6.45) is 31.0. The number of hydrogen-bond acceptors (Lipinski definition) is 4. The molecule has 282 valence electrons. The third-order valence-corrected chi connectivity index (χ3v) is 13.0. The maximum atomic E-state index is 4.36. The van der Waals surface area contributed by atoms with E-state index in [2.05, 4.69) is 184 Å². The van der Waals surface area contributed by atoms with Gasteiger partial charge in [-0.1, -0.05) is 146 Å². The highest BCUT2D eigenvalue weighted by Gasteiger charge is 2.56. The largest absolute Gasteiger partial charge is 0.244 e. The number of benzene rings is 6. The van der Waals surface area contributed by atoms with E-state index >= 15 is 0 Å². The van der Waals surface area contributed by atoms with Crippen LogP contribution in [0.3, 0.4) is 0 Å². The minimum absolute atomic E-state index is 0.0578. The van der Waals surface area contributed by atoms with Crippen LogP contribution in [0.25, 0.3) is 88.7 Å². The molecule has 8 aromatic rings. The van der Waals surface area contributed by atoms with Crippen LogP contribution in [-0.4, -0.2) is 19.9 Å². The fourth-order valence-corrected chi connectivity index (χ4v) is 10.1. The van der Waals surface area contributed by atoms with Crippen LogP contribution in [0, 0.1) is 5.92 Å². The fourth-order valence-electron chi connectivity index (χ4n) is 10.1. The van der Waals surface area contributed by atoms with Crippen LogP contribution in [0.4, 0.5) is 0 Å². The van der Waals surface area contributed by atoms with Crippen LogP contribution in [-0.2, 0) is 5.41 Å². The molecule has 2 aromatic heterocycles. The quantitative estimate of drug-likeness (QED) is 0.162. The molecule has 0 bridgehead atoms. The average molecular weight is 767 g/mol. The molecule has 2 atom stereocenters. The van der Waals surface area contributed by atoms with E-state index in [4.69, 9.17) is 0 Å². The minimum Gasteiger partial charge on any atom is -0.244 e. The molecule has 4 aliphatic rings. The highest BCUT2D eigenvalue weighted by molar-refractivity contribution is 6.22. The van der Waals surface area contributed by atoms with Crippen molar-refractivity contribution in [2.75, 3.05) is 0 Å². The van der Waals surface area contributed by atoms with Crippen molar-refractivity contribution in [2.45, 2.75) is 18.3 Å². The summed E-state index contributed by atoms with van der Waals surface area (Å²) >= 11 is 0. The molecule has 0 N–H and O–H groups in total. The normalized spacial score (nSPS) is 18.1. The Bertz CT molecular complexity index is 3200. The van der Waals surface area contributed by atoms with Gasteiger partial charge in [0.1, 0.15) is 12.7 Å². The van der Waals surface area contributed by atoms with Crippen molar-refractivity contribution in [3.8, 4) is 66.8 Å². The molecule has 1 fully saturated rings. The Kier molecular flexibility index (Phi) is 7.92. The molecule has 2 unspecified atom stereocenters. The number of fused-ring (bicyclic) bond motifs is 4. The number of allylic oxidation sites excluding steroid dienone is 10. The molecule has 0 aliphatic heterocycles. The van der Waals surface area contributed by atoms with Crippen molar-refractivity contribution in [1.82, 2.24) is 19.9 Å². The molecule has 12 rings (SSSR count). The van der Waals surface area contributed by atoms with E-state index in [0.29, 0.717) is 5.92 Å². The summed E-state index contributed by atoms with van der Waals surface area (Å²) in [5.74, 6) is 0.390. The molecule has 4 aliphatic carbocycles. The maximum absolute atomic E-state index is 4.36. The molecule has 0 radical (unpaired) electrons. The lowest BCUT2D eigenvalue weighted by atomic mass is 9.80. The smallest absolute Gasteiger partial charge is 0.115 e. The van der Waals surface area contributed by atoms with Gasteiger partial charge in [-0.3, -0.25) is 0 Å². The summed E-state index contributed by atoms with van der Waals surface area (Å²) in [5, 5.41) is 2.58. The number of aromatic nitrogens is 4. The monoisotopic (exact) mass is 766 g/mol. The van der Waals surface area contributed by atoms with Gasteiger partial charge in [-0.25, -0.2) is 19.9 Å². The molecule has 0 spiro atoms. The third kappa shape index (κ3) is 5.52. The lowest BCUT2D eigenvalue weighted by Crippen LogP contribution is -2.10. The Labute approximate surface area is 349 Å². The highest BCUT2D eigenvalue weighted by atomic mass is 14.8. The maximum Gasteiger partial charge on any atom is 0.115 e. The topological polar surface area (TPSA) is 51.6 Å². The molecule has 0 amide bonds. The van der Waals surface area contributed by atoms with Crippen LogP contribution in [0.15, 0.2) is 201 Å². The number of nitrogens with zero attached hydrogens (tertiary/aromatic N) is 4. The highest BCUT2D eigenvalue weighted by Crippen LogP contribution is 2.63. The van der Waals surface area contributed by atoms with Gasteiger partial charge in [0, 0.05) is 41.3 Å². The minimum atomic E-state index is -0.0578. The second-order valence-corrected chi connectivity index (χ2v) is 16.3. The summed E-state index contributed by atoms with van der Waals surface area (Å²) in [6, 6.07) is 43.3. The van der Waals surface area contributed by atoms with Gasteiger partial charge in [0.15, 0.2) is 0 Å². The first-order valence-electron chi connectivity index (χ1n) is 20.7. The molecule has 6 aromatic carbocycles. The Morgan fingerprint density at radius 3 is 1.92 bits per heavy atom. The Morgan fingerprint density at radius 2 is 1.13 bits per heavy atom. The predicted octanol–water partition coefficient (Wildman–Crippen LogP) is 13.5. The van der Waals surface area contributed by atoms with Crippen molar-refractivity contribution < 1.29 is 0 Å². The zero-order chi connectivity index (χ0) is 39.6. The fraction of sp³-hybridized carbons (Fsp3) is 0.0714. The zero-order valence-electron chi connectivity index (χ0n) is 32.8. The first-order valence-corrected chi connectivity index (χ1v) is 20.7. The van der Waals surface area contributed by atoms with Gasteiger partial charge in [-0.2, -0.15) is 0 Å². The second-order valence-electron chi connectivity index (χ2n) is 16.3. The summed E-state index contributed by atoms with van der Waals surface area (Å²) in [6.45, 7) is 0. The van der Waals surface area contributed by atoms with E-state index in [1.54, 1.807) is 12.7 Å². The summed E-state index contributed by atoms with van der Waals surface area (Å²) in [5.41, 5.74) is 20.7. The van der Waals surface area contributed by atoms with Crippen molar-refractivity contribution >= 4 is 21.9 Å². The molecule has 4 nitrogen and oxygen atoms in total. The first-order chi connectivity index (χ1) is 29.7. The van der Waals surface area contributed by atoms with E-state index < -0.39 is 0 Å². The second kappa shape index (κ2) is 13.8. The van der Waals surface area contributed by atoms with Gasteiger partial charge in [0.2, 0.25) is 0 Å². The predicted molar refractivity (Wildman–Crippen MR) is 246 cm³/mol. The van der Waals surface area contributed by atoms with Gasteiger partial charge in [0.05, 0.1) is 0 Å². The summed E-state index contributed by atoms with van der Waals surface area (Å²) < 4.78 is 0. The number of rotatable bonds is 7. The van der Waals surface area contributed by atoms with Crippen molar-refractivity contribution in [3.05, 3.63) is 218 Å². The van der Waals surface area contributed by atoms with E-state index in [1.165, 1.54) is 77.6 Å². The van der Waals surface area contributed by atoms with Crippen LogP contribution >= 0.6 is 0 Å². The molecule has 0 saturated heterocycles. The summed E-state index contributed by atoms with van der Waals surface area (Å²) in [4.78, 5) is 17.3. The zero-order valence-corrected chi connectivity index (χ0v) is 32.8. The van der Waals surface area contributed by atoms with Crippen LogP contribution in [0.2, 0.25) is 0 Å². The van der Waals surface area contributed by atoms with Gasteiger partial charge in [0.25, 0.3) is 0 Å². The molecule has 1 saturated carbocycles. The van der Waals surface area contributed by atoms with E-state index in [1.807, 2.05) is 24.8 Å². The average Bonchev–Trinajstić information content (AvgIpc) is 4.07. The van der Waals surface area contributed by atoms with E-state index in [0.717, 1.165) is 40.7 Å². The molecular formula is C56H38N4. The van der Waals surface area contributed by atoms with Gasteiger partial charge in [-0.15, -0.1) is 0 Å². The van der Waals surface area contributed by atoms with Crippen molar-refractivity contribution in [2.24, 2.45) is 5.92 Å². The van der Waals surface area contributed by atoms with Crippen molar-refractivity contribution in [1.29, 1.82) is 0 Å². The Morgan fingerprint density at radius 1 is 0.483 bits per heavy atom.